The van der Waals surface area contributed by atoms with Gasteiger partial charge in [0.05, 0.1) is 11.1 Å². The first kappa shape index (κ1) is 21.6. The number of carbonyl (C=O) groups is 1. The number of aryl methyl sites for hydroxylation is 1. The van der Waals surface area contributed by atoms with Gasteiger partial charge in [-0.1, -0.05) is 48.8 Å². The number of anilines is 1. The second-order valence-electron chi connectivity index (χ2n) is 6.08. The van der Waals surface area contributed by atoms with Crippen molar-refractivity contribution in [1.29, 1.82) is 0 Å². The van der Waals surface area contributed by atoms with Crippen molar-refractivity contribution in [2.75, 3.05) is 25.0 Å². The topological polar surface area (TPSA) is 88.1 Å². The fourth-order valence-electron chi connectivity index (χ4n) is 2.47. The van der Waals surface area contributed by atoms with E-state index in [1.807, 2.05) is 31.2 Å². The normalized spacial score (nSPS) is 11.7. The van der Waals surface area contributed by atoms with Crippen molar-refractivity contribution in [2.45, 2.75) is 25.7 Å². The van der Waals surface area contributed by atoms with E-state index in [0.717, 1.165) is 11.1 Å². The number of hydrogen-bond acceptors (Lipinski definition) is 5. The number of rotatable bonds is 9. The Morgan fingerprint density at radius 3 is 2.25 bits per heavy atom. The van der Waals surface area contributed by atoms with Crippen LogP contribution in [0.3, 0.4) is 0 Å². The number of nitrogens with zero attached hydrogens (tertiary/aromatic N) is 2. The van der Waals surface area contributed by atoms with Crippen molar-refractivity contribution < 1.29 is 18.0 Å². The van der Waals surface area contributed by atoms with Crippen molar-refractivity contribution in [3.63, 3.8) is 0 Å². The summed E-state index contributed by atoms with van der Waals surface area (Å²) in [7, 11) is -3.52. The van der Waals surface area contributed by atoms with Gasteiger partial charge < -0.3 is 10.2 Å². The lowest BCUT2D eigenvalue weighted by atomic mass is 10.2. The highest BCUT2D eigenvalue weighted by Crippen LogP contribution is 2.18. The van der Waals surface area contributed by atoms with E-state index in [9.17, 15) is 13.2 Å². The fraction of sp³-hybridized carbons (Fsp3) is 0.300. The maximum Gasteiger partial charge on any atom is 0.265 e. The Morgan fingerprint density at radius 2 is 1.68 bits per heavy atom. The van der Waals surface area contributed by atoms with Crippen LogP contribution in [0.4, 0.5) is 5.69 Å². The van der Waals surface area contributed by atoms with Crippen molar-refractivity contribution in [1.82, 2.24) is 4.31 Å². The summed E-state index contributed by atoms with van der Waals surface area (Å²) in [5.74, 6) is -0.389. The molecule has 0 aromatic heterocycles. The van der Waals surface area contributed by atoms with Gasteiger partial charge in [-0.3, -0.25) is 4.79 Å². The van der Waals surface area contributed by atoms with Crippen LogP contribution in [0.15, 0.2) is 58.6 Å². The summed E-state index contributed by atoms with van der Waals surface area (Å²) in [5, 5.41) is 6.40. The van der Waals surface area contributed by atoms with E-state index in [-0.39, 0.29) is 17.4 Å². The Labute approximate surface area is 166 Å². The molecule has 0 saturated carbocycles. The molecule has 0 fully saturated rings. The zero-order chi connectivity index (χ0) is 20.6. The van der Waals surface area contributed by atoms with Crippen LogP contribution < -0.4 is 5.32 Å². The van der Waals surface area contributed by atoms with Crippen LogP contribution in [-0.4, -0.2) is 44.5 Å². The Balaban J connectivity index is 1.88. The summed E-state index contributed by atoms with van der Waals surface area (Å²) in [5.41, 5.74) is 2.50. The van der Waals surface area contributed by atoms with Crippen LogP contribution >= 0.6 is 0 Å². The highest BCUT2D eigenvalue weighted by atomic mass is 32.2. The molecule has 28 heavy (non-hydrogen) atoms. The molecule has 0 unspecified atom stereocenters. The minimum absolute atomic E-state index is 0.188. The summed E-state index contributed by atoms with van der Waals surface area (Å²) in [6.45, 7) is 6.12. The molecule has 1 amide bonds. The lowest BCUT2D eigenvalue weighted by molar-refractivity contribution is -0.120. The molecule has 0 radical (unpaired) electrons. The van der Waals surface area contributed by atoms with Gasteiger partial charge in [0.1, 0.15) is 0 Å². The minimum atomic E-state index is -3.52. The van der Waals surface area contributed by atoms with Gasteiger partial charge in [0.15, 0.2) is 6.61 Å². The zero-order valence-corrected chi connectivity index (χ0v) is 17.1. The van der Waals surface area contributed by atoms with Gasteiger partial charge in [-0.25, -0.2) is 8.42 Å². The molecule has 0 aliphatic heterocycles. The average molecular weight is 404 g/mol. The van der Waals surface area contributed by atoms with Crippen LogP contribution in [0, 0.1) is 6.92 Å². The summed E-state index contributed by atoms with van der Waals surface area (Å²) < 4.78 is 26.3. The molecule has 0 aliphatic rings. The molecule has 7 nitrogen and oxygen atoms in total. The van der Waals surface area contributed by atoms with Gasteiger partial charge in [0.2, 0.25) is 10.0 Å². The molecule has 1 N–H and O–H groups in total. The largest absolute Gasteiger partial charge is 0.386 e. The van der Waals surface area contributed by atoms with Crippen molar-refractivity contribution in [3.05, 3.63) is 59.7 Å². The first-order valence-corrected chi connectivity index (χ1v) is 10.4. The summed E-state index contributed by atoms with van der Waals surface area (Å²) in [6.07, 6.45) is 1.53. The van der Waals surface area contributed by atoms with Crippen LogP contribution in [-0.2, 0) is 19.7 Å². The smallest absolute Gasteiger partial charge is 0.265 e. The van der Waals surface area contributed by atoms with Gasteiger partial charge in [-0.2, -0.15) is 4.31 Å². The summed E-state index contributed by atoms with van der Waals surface area (Å²) in [4.78, 5) is 17.1. The lowest BCUT2D eigenvalue weighted by Gasteiger charge is -2.18. The van der Waals surface area contributed by atoms with Crippen molar-refractivity contribution in [2.24, 2.45) is 5.16 Å². The minimum Gasteiger partial charge on any atom is -0.386 e. The monoisotopic (exact) mass is 403 g/mol. The Bertz CT molecular complexity index is 903. The summed E-state index contributed by atoms with van der Waals surface area (Å²) >= 11 is 0. The van der Waals surface area contributed by atoms with E-state index in [4.69, 9.17) is 4.84 Å². The Kier molecular flexibility index (Phi) is 7.71. The molecule has 0 atom stereocenters. The van der Waals surface area contributed by atoms with E-state index in [1.54, 1.807) is 26.0 Å². The Hall–Kier alpha value is -2.71. The maximum atomic E-state index is 12.4. The second-order valence-corrected chi connectivity index (χ2v) is 8.02. The zero-order valence-electron chi connectivity index (χ0n) is 16.3. The van der Waals surface area contributed by atoms with E-state index in [0.29, 0.717) is 18.8 Å². The van der Waals surface area contributed by atoms with Crippen LogP contribution in [0.5, 0.6) is 0 Å². The molecule has 0 heterocycles. The SMILES string of the molecule is CCN(CC)S(=O)(=O)c1ccc(NC(=O)CO/N=C/c2ccc(C)cc2)cc1. The Morgan fingerprint density at radius 1 is 1.07 bits per heavy atom. The molecule has 0 aliphatic carbocycles. The second kappa shape index (κ2) is 10.0. The lowest BCUT2D eigenvalue weighted by Crippen LogP contribution is -2.30. The molecule has 150 valence electrons. The van der Waals surface area contributed by atoms with Gasteiger partial charge in [0, 0.05) is 18.8 Å². The standard InChI is InChI=1S/C20H25N3O4S/c1-4-23(5-2)28(25,26)19-12-10-18(11-13-19)22-20(24)15-27-21-14-17-8-6-16(3)7-9-17/h6-14H,4-5,15H2,1-3H3,(H,22,24)/b21-14+. The predicted molar refractivity (Wildman–Crippen MR) is 110 cm³/mol. The molecule has 2 rings (SSSR count). The molecule has 8 heteroatoms. The van der Waals surface area contributed by atoms with E-state index >= 15 is 0 Å². The quantitative estimate of drug-likeness (QED) is 0.515. The first-order chi connectivity index (χ1) is 13.4. The molecule has 2 aromatic rings. The molecule has 0 saturated heterocycles. The van der Waals surface area contributed by atoms with E-state index in [1.165, 1.54) is 22.7 Å². The molecular formula is C20H25N3O4S. The first-order valence-electron chi connectivity index (χ1n) is 8.99. The number of sulfonamides is 1. The third-order valence-electron chi connectivity index (χ3n) is 4.03. The number of hydrogen-bond donors (Lipinski definition) is 1. The third-order valence-corrected chi connectivity index (χ3v) is 6.09. The molecule has 0 bridgehead atoms. The van der Waals surface area contributed by atoms with Crippen molar-refractivity contribution >= 4 is 27.8 Å². The van der Waals surface area contributed by atoms with E-state index in [2.05, 4.69) is 10.5 Å². The van der Waals surface area contributed by atoms with Gasteiger partial charge in [0.25, 0.3) is 5.91 Å². The number of carbonyl (C=O) groups excluding carboxylic acids is 1. The molecule has 2 aromatic carbocycles. The highest BCUT2D eigenvalue weighted by molar-refractivity contribution is 7.89. The van der Waals surface area contributed by atoms with Crippen LogP contribution in [0.2, 0.25) is 0 Å². The number of benzene rings is 2. The maximum absolute atomic E-state index is 12.4. The van der Waals surface area contributed by atoms with Gasteiger partial charge in [-0.05, 0) is 36.8 Å². The fourth-order valence-corrected chi connectivity index (χ4v) is 3.92. The third kappa shape index (κ3) is 5.90. The molecule has 0 spiro atoms. The highest BCUT2D eigenvalue weighted by Gasteiger charge is 2.21. The number of nitrogens with one attached hydrogen (secondary N) is 1. The van der Waals surface area contributed by atoms with Gasteiger partial charge >= 0.3 is 0 Å². The van der Waals surface area contributed by atoms with Crippen LogP contribution in [0.25, 0.3) is 0 Å². The van der Waals surface area contributed by atoms with Crippen LogP contribution in [0.1, 0.15) is 25.0 Å². The van der Waals surface area contributed by atoms with Gasteiger partial charge in [-0.15, -0.1) is 0 Å². The average Bonchev–Trinajstić information content (AvgIpc) is 2.68. The van der Waals surface area contributed by atoms with Crippen molar-refractivity contribution in [3.8, 4) is 0 Å². The van der Waals surface area contributed by atoms with E-state index < -0.39 is 10.0 Å². The molecular weight excluding hydrogens is 378 g/mol. The predicted octanol–water partition coefficient (Wildman–Crippen LogP) is 3.01. The summed E-state index contributed by atoms with van der Waals surface area (Å²) in [6, 6.07) is 13.7. The number of amides is 1. The number of oxime groups is 1.